The lowest BCUT2D eigenvalue weighted by molar-refractivity contribution is -0.114. The Balaban J connectivity index is 1.85. The summed E-state index contributed by atoms with van der Waals surface area (Å²) in [4.78, 5) is 11.2. The summed E-state index contributed by atoms with van der Waals surface area (Å²) in [5.41, 5.74) is 1.47. The molecule has 3 rings (SSSR count). The summed E-state index contributed by atoms with van der Waals surface area (Å²) in [5.74, 6) is -0.205. The molecule has 0 fully saturated rings. The summed E-state index contributed by atoms with van der Waals surface area (Å²) in [6.45, 7) is 3.23. The number of rotatable bonds is 5. The van der Waals surface area contributed by atoms with E-state index in [2.05, 4.69) is 10.0 Å². The smallest absolute Gasteiger partial charge is 0.241 e. The Kier molecular flexibility index (Phi) is 5.06. The fourth-order valence-corrected chi connectivity index (χ4v) is 4.14. The number of nitrogens with one attached hydrogen (secondary N) is 2. The van der Waals surface area contributed by atoms with Crippen molar-refractivity contribution in [2.45, 2.75) is 24.8 Å². The lowest BCUT2D eigenvalue weighted by Gasteiger charge is -2.17. The molecule has 5 nitrogen and oxygen atoms in total. The highest BCUT2D eigenvalue weighted by atomic mass is 32.2. The number of fused-ring (bicyclic) bond motifs is 1. The van der Waals surface area contributed by atoms with Crippen LogP contribution in [0.15, 0.2) is 71.6 Å². The zero-order valence-corrected chi connectivity index (χ0v) is 15.4. The van der Waals surface area contributed by atoms with Gasteiger partial charge < -0.3 is 5.32 Å². The summed E-state index contributed by atoms with van der Waals surface area (Å²) < 4.78 is 28.1. The van der Waals surface area contributed by atoms with Crippen molar-refractivity contribution in [1.82, 2.24) is 4.72 Å². The molecule has 6 heteroatoms. The van der Waals surface area contributed by atoms with E-state index in [1.165, 1.54) is 19.1 Å². The molecule has 0 radical (unpaired) electrons. The van der Waals surface area contributed by atoms with E-state index in [0.717, 1.165) is 16.3 Å². The van der Waals surface area contributed by atoms with Gasteiger partial charge in [-0.15, -0.1) is 0 Å². The number of benzene rings is 3. The number of anilines is 1. The van der Waals surface area contributed by atoms with Gasteiger partial charge in [0.15, 0.2) is 0 Å². The van der Waals surface area contributed by atoms with Crippen molar-refractivity contribution in [1.29, 1.82) is 0 Å². The van der Waals surface area contributed by atoms with E-state index >= 15 is 0 Å². The van der Waals surface area contributed by atoms with Gasteiger partial charge in [0.25, 0.3) is 0 Å². The largest absolute Gasteiger partial charge is 0.326 e. The minimum absolute atomic E-state index is 0.152. The van der Waals surface area contributed by atoms with Crippen LogP contribution in [0.25, 0.3) is 10.8 Å². The highest BCUT2D eigenvalue weighted by Gasteiger charge is 2.19. The van der Waals surface area contributed by atoms with E-state index in [1.807, 2.05) is 49.4 Å². The molecular weight excluding hydrogens is 348 g/mol. The molecule has 0 unspecified atom stereocenters. The highest BCUT2D eigenvalue weighted by Crippen LogP contribution is 2.25. The molecule has 0 aromatic heterocycles. The standard InChI is InChI=1S/C20H20N2O3S/c1-14(19-9-5-7-16-6-3-4-8-20(16)19)22-26(24,25)18-12-10-17(11-13-18)21-15(2)23/h3-14,22H,1-2H3,(H,21,23)/t14-/m1/s1. The first kappa shape index (κ1) is 18.1. The second kappa shape index (κ2) is 7.27. The molecule has 0 heterocycles. The quantitative estimate of drug-likeness (QED) is 0.718. The van der Waals surface area contributed by atoms with E-state index in [4.69, 9.17) is 0 Å². The predicted molar refractivity (Wildman–Crippen MR) is 103 cm³/mol. The van der Waals surface area contributed by atoms with E-state index in [0.29, 0.717) is 5.69 Å². The van der Waals surface area contributed by atoms with Gasteiger partial charge in [-0.3, -0.25) is 4.79 Å². The lowest BCUT2D eigenvalue weighted by Crippen LogP contribution is -2.27. The Morgan fingerprint density at radius 1 is 0.923 bits per heavy atom. The molecule has 3 aromatic rings. The first-order chi connectivity index (χ1) is 12.4. The monoisotopic (exact) mass is 368 g/mol. The minimum Gasteiger partial charge on any atom is -0.326 e. The Labute approximate surface area is 153 Å². The van der Waals surface area contributed by atoms with Crippen molar-refractivity contribution < 1.29 is 13.2 Å². The van der Waals surface area contributed by atoms with Gasteiger partial charge in [-0.05, 0) is 47.5 Å². The van der Waals surface area contributed by atoms with Crippen molar-refractivity contribution >= 4 is 32.4 Å². The maximum absolute atomic E-state index is 12.7. The van der Waals surface area contributed by atoms with Gasteiger partial charge in [-0.2, -0.15) is 0 Å². The number of sulfonamides is 1. The van der Waals surface area contributed by atoms with Crippen molar-refractivity contribution in [3.63, 3.8) is 0 Å². The topological polar surface area (TPSA) is 75.3 Å². The first-order valence-electron chi connectivity index (χ1n) is 8.24. The van der Waals surface area contributed by atoms with Crippen molar-refractivity contribution in [3.05, 3.63) is 72.3 Å². The van der Waals surface area contributed by atoms with Crippen LogP contribution in [0, 0.1) is 0 Å². The Morgan fingerprint density at radius 3 is 2.27 bits per heavy atom. The van der Waals surface area contributed by atoms with Crippen LogP contribution in [0.5, 0.6) is 0 Å². The van der Waals surface area contributed by atoms with Gasteiger partial charge in [-0.25, -0.2) is 13.1 Å². The molecule has 0 bridgehead atoms. The third kappa shape index (κ3) is 3.92. The van der Waals surface area contributed by atoms with Crippen LogP contribution in [0.3, 0.4) is 0 Å². The molecule has 0 saturated heterocycles. The number of carbonyl (C=O) groups excluding carboxylic acids is 1. The third-order valence-electron chi connectivity index (χ3n) is 4.11. The average molecular weight is 368 g/mol. The van der Waals surface area contributed by atoms with Crippen LogP contribution < -0.4 is 10.0 Å². The number of hydrogen-bond donors (Lipinski definition) is 2. The van der Waals surface area contributed by atoms with Crippen LogP contribution in [0.4, 0.5) is 5.69 Å². The number of hydrogen-bond acceptors (Lipinski definition) is 3. The molecule has 0 aliphatic carbocycles. The van der Waals surface area contributed by atoms with Crippen LogP contribution >= 0.6 is 0 Å². The molecule has 0 aliphatic heterocycles. The maximum atomic E-state index is 12.7. The lowest BCUT2D eigenvalue weighted by atomic mass is 10.0. The van der Waals surface area contributed by atoms with Crippen LogP contribution in [0.2, 0.25) is 0 Å². The SMILES string of the molecule is CC(=O)Nc1ccc(S(=O)(=O)N[C@H](C)c2cccc3ccccc23)cc1. The van der Waals surface area contributed by atoms with E-state index in [9.17, 15) is 13.2 Å². The molecule has 1 amide bonds. The molecule has 2 N–H and O–H groups in total. The fourth-order valence-electron chi connectivity index (χ4n) is 2.91. The first-order valence-corrected chi connectivity index (χ1v) is 9.73. The molecular formula is C20H20N2O3S. The molecule has 1 atom stereocenters. The van der Waals surface area contributed by atoms with E-state index < -0.39 is 10.0 Å². The molecule has 3 aromatic carbocycles. The minimum atomic E-state index is -3.68. The summed E-state index contributed by atoms with van der Waals surface area (Å²) in [6, 6.07) is 19.4. The summed E-state index contributed by atoms with van der Waals surface area (Å²) in [7, 11) is -3.68. The van der Waals surface area contributed by atoms with Crippen LogP contribution in [0.1, 0.15) is 25.5 Å². The van der Waals surface area contributed by atoms with E-state index in [1.54, 1.807) is 12.1 Å². The second-order valence-electron chi connectivity index (χ2n) is 6.12. The Morgan fingerprint density at radius 2 is 1.58 bits per heavy atom. The summed E-state index contributed by atoms with van der Waals surface area (Å²) >= 11 is 0. The predicted octanol–water partition coefficient (Wildman–Crippen LogP) is 3.84. The van der Waals surface area contributed by atoms with Crippen LogP contribution in [-0.2, 0) is 14.8 Å². The molecule has 0 saturated carbocycles. The molecule has 134 valence electrons. The maximum Gasteiger partial charge on any atom is 0.241 e. The average Bonchev–Trinajstić information content (AvgIpc) is 2.60. The number of amides is 1. The van der Waals surface area contributed by atoms with Crippen molar-refractivity contribution in [2.75, 3.05) is 5.32 Å². The molecule has 0 spiro atoms. The molecule has 0 aliphatic rings. The van der Waals surface area contributed by atoms with Crippen molar-refractivity contribution in [3.8, 4) is 0 Å². The number of carbonyl (C=O) groups is 1. The summed E-state index contributed by atoms with van der Waals surface area (Å²) in [6.07, 6.45) is 0. The second-order valence-corrected chi connectivity index (χ2v) is 7.83. The Bertz CT molecular complexity index is 1040. The normalized spacial score (nSPS) is 12.7. The van der Waals surface area contributed by atoms with Crippen LogP contribution in [-0.4, -0.2) is 14.3 Å². The third-order valence-corrected chi connectivity index (χ3v) is 5.66. The summed E-state index contributed by atoms with van der Waals surface area (Å²) in [5, 5.41) is 4.70. The van der Waals surface area contributed by atoms with Gasteiger partial charge in [0.2, 0.25) is 15.9 Å². The fraction of sp³-hybridized carbons (Fsp3) is 0.150. The van der Waals surface area contributed by atoms with Gasteiger partial charge in [-0.1, -0.05) is 42.5 Å². The van der Waals surface area contributed by atoms with Gasteiger partial charge in [0, 0.05) is 18.7 Å². The van der Waals surface area contributed by atoms with Crippen molar-refractivity contribution in [2.24, 2.45) is 0 Å². The van der Waals surface area contributed by atoms with Gasteiger partial charge in [0.1, 0.15) is 0 Å². The van der Waals surface area contributed by atoms with E-state index in [-0.39, 0.29) is 16.8 Å². The highest BCUT2D eigenvalue weighted by molar-refractivity contribution is 7.89. The molecule has 26 heavy (non-hydrogen) atoms. The zero-order valence-electron chi connectivity index (χ0n) is 14.6. The Hall–Kier alpha value is -2.70. The van der Waals surface area contributed by atoms with Gasteiger partial charge >= 0.3 is 0 Å². The van der Waals surface area contributed by atoms with Gasteiger partial charge in [0.05, 0.1) is 4.90 Å². The zero-order chi connectivity index (χ0) is 18.7.